The molecule has 7 nitrogen and oxygen atoms in total. The van der Waals surface area contributed by atoms with Crippen LogP contribution in [0.5, 0.6) is 11.5 Å². The van der Waals surface area contributed by atoms with E-state index >= 15 is 0 Å². The molecule has 0 bridgehead atoms. The molecule has 0 saturated carbocycles. The lowest BCUT2D eigenvalue weighted by Crippen LogP contribution is -2.14. The van der Waals surface area contributed by atoms with Crippen LogP contribution >= 0.6 is 11.8 Å². The van der Waals surface area contributed by atoms with E-state index in [1.54, 1.807) is 19.2 Å². The van der Waals surface area contributed by atoms with Crippen LogP contribution in [0.3, 0.4) is 0 Å². The third kappa shape index (κ3) is 5.24. The van der Waals surface area contributed by atoms with Gasteiger partial charge in [-0.25, -0.2) is 0 Å². The van der Waals surface area contributed by atoms with E-state index in [4.69, 9.17) is 13.9 Å². The zero-order chi connectivity index (χ0) is 19.1. The Kier molecular flexibility index (Phi) is 6.32. The molecule has 27 heavy (non-hydrogen) atoms. The summed E-state index contributed by atoms with van der Waals surface area (Å²) in [6.45, 7) is 2.14. The van der Waals surface area contributed by atoms with Crippen molar-refractivity contribution in [1.82, 2.24) is 10.2 Å². The molecule has 0 saturated heterocycles. The molecule has 0 unspecified atom stereocenters. The average molecular weight is 385 g/mol. The first-order valence-electron chi connectivity index (χ1n) is 8.22. The van der Waals surface area contributed by atoms with Gasteiger partial charge in [0.25, 0.3) is 11.1 Å². The van der Waals surface area contributed by atoms with Gasteiger partial charge in [-0.3, -0.25) is 4.79 Å². The number of amides is 1. The van der Waals surface area contributed by atoms with Crippen LogP contribution in [-0.2, 0) is 11.4 Å². The van der Waals surface area contributed by atoms with Crippen molar-refractivity contribution in [2.24, 2.45) is 0 Å². The van der Waals surface area contributed by atoms with Crippen LogP contribution in [0.25, 0.3) is 0 Å². The van der Waals surface area contributed by atoms with Crippen molar-refractivity contribution in [3.05, 3.63) is 60.0 Å². The molecule has 3 aromatic rings. The fourth-order valence-corrected chi connectivity index (χ4v) is 2.85. The van der Waals surface area contributed by atoms with Crippen molar-refractivity contribution in [3.8, 4) is 11.5 Å². The first kappa shape index (κ1) is 18.8. The van der Waals surface area contributed by atoms with E-state index in [0.29, 0.717) is 22.6 Å². The van der Waals surface area contributed by atoms with Crippen LogP contribution in [0.15, 0.2) is 58.2 Å². The van der Waals surface area contributed by atoms with Gasteiger partial charge >= 0.3 is 0 Å². The molecule has 3 rings (SSSR count). The van der Waals surface area contributed by atoms with Crippen LogP contribution in [0.4, 0.5) is 5.69 Å². The molecule has 0 aliphatic rings. The number of ether oxygens (including phenoxy) is 2. The SMILES string of the molecule is COc1ccccc1NC(=O)CSc1nnc(COc2ccccc2C)o1. The number of nitrogens with zero attached hydrogens (tertiary/aromatic N) is 2. The van der Waals surface area contributed by atoms with Crippen molar-refractivity contribution in [1.29, 1.82) is 0 Å². The molecule has 0 spiro atoms. The quantitative estimate of drug-likeness (QED) is 0.592. The summed E-state index contributed by atoms with van der Waals surface area (Å²) in [5.74, 6) is 1.66. The number of rotatable bonds is 8. The normalized spacial score (nSPS) is 10.4. The number of methoxy groups -OCH3 is 1. The van der Waals surface area contributed by atoms with Crippen LogP contribution in [0.1, 0.15) is 11.5 Å². The average Bonchev–Trinajstić information content (AvgIpc) is 3.14. The van der Waals surface area contributed by atoms with Gasteiger partial charge in [-0.2, -0.15) is 0 Å². The number of hydrogen-bond acceptors (Lipinski definition) is 7. The molecule has 1 amide bonds. The second-order valence-electron chi connectivity index (χ2n) is 5.55. The van der Waals surface area contributed by atoms with Crippen LogP contribution < -0.4 is 14.8 Å². The Labute approximate surface area is 161 Å². The Morgan fingerprint density at radius 1 is 1.11 bits per heavy atom. The summed E-state index contributed by atoms with van der Waals surface area (Å²) in [5, 5.41) is 11.0. The number of anilines is 1. The van der Waals surface area contributed by atoms with E-state index in [9.17, 15) is 4.79 Å². The van der Waals surface area contributed by atoms with Gasteiger partial charge in [0.05, 0.1) is 18.6 Å². The molecule has 8 heteroatoms. The molecule has 1 aromatic heterocycles. The van der Waals surface area contributed by atoms with Crippen molar-refractivity contribution in [2.45, 2.75) is 18.8 Å². The summed E-state index contributed by atoms with van der Waals surface area (Å²) in [5.41, 5.74) is 1.64. The summed E-state index contributed by atoms with van der Waals surface area (Å²) in [6, 6.07) is 14.9. The molecule has 0 aliphatic carbocycles. The molecule has 2 aromatic carbocycles. The summed E-state index contributed by atoms with van der Waals surface area (Å²) < 4.78 is 16.4. The molecule has 0 fully saturated rings. The standard InChI is InChI=1S/C19H19N3O4S/c1-13-7-3-5-9-15(13)25-11-18-21-22-19(26-18)27-12-17(23)20-14-8-4-6-10-16(14)24-2/h3-10H,11-12H2,1-2H3,(H,20,23). The van der Waals surface area contributed by atoms with Crippen molar-refractivity contribution in [2.75, 3.05) is 18.2 Å². The smallest absolute Gasteiger partial charge is 0.277 e. The fraction of sp³-hybridized carbons (Fsp3) is 0.211. The monoisotopic (exact) mass is 385 g/mol. The lowest BCUT2D eigenvalue weighted by atomic mass is 10.2. The topological polar surface area (TPSA) is 86.5 Å². The number of aromatic nitrogens is 2. The lowest BCUT2D eigenvalue weighted by molar-refractivity contribution is -0.113. The Hall–Kier alpha value is -3.00. The van der Waals surface area contributed by atoms with Gasteiger partial charge in [-0.05, 0) is 30.7 Å². The number of carbonyl (C=O) groups excluding carboxylic acids is 1. The summed E-state index contributed by atoms with van der Waals surface area (Å²) in [6.07, 6.45) is 0. The van der Waals surface area contributed by atoms with E-state index in [2.05, 4.69) is 15.5 Å². The lowest BCUT2D eigenvalue weighted by Gasteiger charge is -2.08. The second-order valence-corrected chi connectivity index (χ2v) is 6.48. The van der Waals surface area contributed by atoms with Crippen molar-refractivity contribution < 1.29 is 18.7 Å². The highest BCUT2D eigenvalue weighted by molar-refractivity contribution is 7.99. The van der Waals surface area contributed by atoms with E-state index in [1.165, 1.54) is 0 Å². The molecule has 0 aliphatic heterocycles. The highest BCUT2D eigenvalue weighted by atomic mass is 32.2. The molecular weight excluding hydrogens is 366 g/mol. The predicted octanol–water partition coefficient (Wildman–Crippen LogP) is 3.70. The van der Waals surface area contributed by atoms with Crippen molar-refractivity contribution in [3.63, 3.8) is 0 Å². The minimum atomic E-state index is -0.194. The maximum atomic E-state index is 12.1. The van der Waals surface area contributed by atoms with Crippen LogP contribution in [0.2, 0.25) is 0 Å². The number of carbonyl (C=O) groups is 1. The molecular formula is C19H19N3O4S. The third-order valence-electron chi connectivity index (χ3n) is 3.60. The van der Waals surface area contributed by atoms with E-state index in [-0.39, 0.29) is 18.3 Å². The number of nitrogens with one attached hydrogen (secondary N) is 1. The van der Waals surface area contributed by atoms with Gasteiger partial charge in [0.2, 0.25) is 5.91 Å². The zero-order valence-corrected chi connectivity index (χ0v) is 15.8. The van der Waals surface area contributed by atoms with Gasteiger partial charge in [0.15, 0.2) is 6.61 Å². The zero-order valence-electron chi connectivity index (χ0n) is 15.0. The van der Waals surface area contributed by atoms with Gasteiger partial charge in [-0.15, -0.1) is 10.2 Å². The van der Waals surface area contributed by atoms with Gasteiger partial charge in [0.1, 0.15) is 11.5 Å². The Morgan fingerprint density at radius 2 is 1.85 bits per heavy atom. The van der Waals surface area contributed by atoms with E-state index in [1.807, 2.05) is 43.3 Å². The molecule has 1 heterocycles. The number of aryl methyl sites for hydroxylation is 1. The fourth-order valence-electron chi connectivity index (χ4n) is 2.27. The highest BCUT2D eigenvalue weighted by Gasteiger charge is 2.12. The highest BCUT2D eigenvalue weighted by Crippen LogP contribution is 2.24. The summed E-state index contributed by atoms with van der Waals surface area (Å²) in [4.78, 5) is 12.1. The molecule has 0 radical (unpaired) electrons. The predicted molar refractivity (Wildman–Crippen MR) is 102 cm³/mol. The number of thioether (sulfide) groups is 1. The largest absolute Gasteiger partial charge is 0.495 e. The Balaban J connectivity index is 1.49. The minimum absolute atomic E-state index is 0.137. The Bertz CT molecular complexity index is 913. The number of hydrogen-bond donors (Lipinski definition) is 1. The summed E-state index contributed by atoms with van der Waals surface area (Å²) >= 11 is 1.16. The van der Waals surface area contributed by atoms with Crippen LogP contribution in [0, 0.1) is 6.92 Å². The van der Waals surface area contributed by atoms with Crippen molar-refractivity contribution >= 4 is 23.4 Å². The number of benzene rings is 2. The summed E-state index contributed by atoms with van der Waals surface area (Å²) in [7, 11) is 1.55. The third-order valence-corrected chi connectivity index (χ3v) is 4.42. The first-order valence-corrected chi connectivity index (χ1v) is 9.20. The maximum absolute atomic E-state index is 12.1. The molecule has 0 atom stereocenters. The van der Waals surface area contributed by atoms with Gasteiger partial charge in [0, 0.05) is 0 Å². The molecule has 140 valence electrons. The maximum Gasteiger partial charge on any atom is 0.277 e. The van der Waals surface area contributed by atoms with Crippen LogP contribution in [-0.4, -0.2) is 29.0 Å². The second kappa shape index (κ2) is 9.09. The minimum Gasteiger partial charge on any atom is -0.495 e. The molecule has 1 N–H and O–H groups in total. The van der Waals surface area contributed by atoms with Gasteiger partial charge < -0.3 is 19.2 Å². The number of para-hydroxylation sites is 3. The first-order chi connectivity index (χ1) is 13.2. The Morgan fingerprint density at radius 3 is 2.63 bits per heavy atom. The van der Waals surface area contributed by atoms with Gasteiger partial charge in [-0.1, -0.05) is 42.1 Å². The van der Waals surface area contributed by atoms with E-state index < -0.39 is 0 Å². The van der Waals surface area contributed by atoms with E-state index in [0.717, 1.165) is 23.1 Å².